The number of rotatable bonds is 7. The van der Waals surface area contributed by atoms with E-state index in [1.165, 1.54) is 0 Å². The predicted octanol–water partition coefficient (Wildman–Crippen LogP) is 2.14. The van der Waals surface area contributed by atoms with Gasteiger partial charge in [-0.15, -0.1) is 0 Å². The summed E-state index contributed by atoms with van der Waals surface area (Å²) in [6, 6.07) is 12.1. The Morgan fingerprint density at radius 1 is 0.703 bits per heavy atom. The molecular formula is C18H22F6MnN4O6S2. The summed E-state index contributed by atoms with van der Waals surface area (Å²) in [6.07, 6.45) is 3.69. The van der Waals surface area contributed by atoms with Gasteiger partial charge < -0.3 is 9.11 Å². The molecule has 19 heteroatoms. The molecule has 0 atom stereocenters. The quantitative estimate of drug-likeness (QED) is 0.195. The van der Waals surface area contributed by atoms with Crippen molar-refractivity contribution in [2.24, 2.45) is 0 Å². The van der Waals surface area contributed by atoms with Crippen molar-refractivity contribution in [3.8, 4) is 0 Å². The van der Waals surface area contributed by atoms with Crippen LogP contribution in [0.25, 0.3) is 0 Å². The molecule has 0 aliphatic heterocycles. The molecular weight excluding hydrogens is 601 g/mol. The molecule has 0 aromatic carbocycles. The van der Waals surface area contributed by atoms with Crippen LogP contribution < -0.4 is 0 Å². The van der Waals surface area contributed by atoms with Crippen molar-refractivity contribution in [2.45, 2.75) is 24.1 Å². The summed E-state index contributed by atoms with van der Waals surface area (Å²) in [6.45, 7) is 3.80. The van der Waals surface area contributed by atoms with E-state index in [9.17, 15) is 26.3 Å². The van der Waals surface area contributed by atoms with E-state index in [1.54, 1.807) is 0 Å². The van der Waals surface area contributed by atoms with Crippen molar-refractivity contribution >= 4 is 20.2 Å². The fraction of sp³-hybridized carbons (Fsp3) is 0.444. The minimum atomic E-state index is -6.09. The standard InChI is InChI=1S/C16H22N4.2CHF3O3S.Mn/c1-19(13-15-7-3-5-9-17-15)11-12-20(2)14-16-8-4-6-10-18-16;2*2-1(3,4)8(5,6)7;/h3-10H,11-14H2,1-2H3;2*(H,5,6,7);/q;;;+2/p-2. The SMILES string of the molecule is CN(CCN(C)Cc1ccccn1)Cc1ccccn1.O=S(=O)([O-])C(F)(F)F.O=S(=O)([O-])C(F)(F)F.[Mn+2]. The van der Waals surface area contributed by atoms with Crippen LogP contribution in [0, 0.1) is 0 Å². The molecule has 10 nitrogen and oxygen atoms in total. The zero-order valence-corrected chi connectivity index (χ0v) is 22.0. The summed E-state index contributed by atoms with van der Waals surface area (Å²) in [7, 11) is -7.92. The van der Waals surface area contributed by atoms with Gasteiger partial charge in [0.25, 0.3) is 0 Å². The maximum Gasteiger partial charge on any atom is 2.00 e. The second-order valence-corrected chi connectivity index (χ2v) is 9.66. The van der Waals surface area contributed by atoms with Crippen LogP contribution in [0.2, 0.25) is 0 Å². The van der Waals surface area contributed by atoms with E-state index in [-0.39, 0.29) is 17.1 Å². The van der Waals surface area contributed by atoms with Crippen LogP contribution in [-0.4, -0.2) is 83.9 Å². The van der Waals surface area contributed by atoms with E-state index in [2.05, 4.69) is 46.0 Å². The van der Waals surface area contributed by atoms with Crippen molar-refractivity contribution in [3.05, 3.63) is 60.2 Å². The summed E-state index contributed by atoms with van der Waals surface area (Å²) < 4.78 is 118. The number of alkyl halides is 6. The Morgan fingerprint density at radius 3 is 1.16 bits per heavy atom. The molecule has 0 unspecified atom stereocenters. The third-order valence-corrected chi connectivity index (χ3v) is 4.88. The van der Waals surface area contributed by atoms with E-state index >= 15 is 0 Å². The predicted molar refractivity (Wildman–Crippen MR) is 113 cm³/mol. The van der Waals surface area contributed by atoms with Gasteiger partial charge in [0.2, 0.25) is 0 Å². The topological polar surface area (TPSA) is 147 Å². The Kier molecular flexibility index (Phi) is 16.3. The van der Waals surface area contributed by atoms with Gasteiger partial charge in [-0.25, -0.2) is 16.8 Å². The fourth-order valence-corrected chi connectivity index (χ4v) is 2.04. The number of hydrogen-bond acceptors (Lipinski definition) is 10. The number of pyridine rings is 2. The van der Waals surface area contributed by atoms with Crippen molar-refractivity contribution < 1.29 is 69.4 Å². The second kappa shape index (κ2) is 16.2. The molecule has 0 fully saturated rings. The number of halogens is 6. The van der Waals surface area contributed by atoms with E-state index in [1.807, 2.05) is 36.7 Å². The van der Waals surface area contributed by atoms with E-state index in [0.717, 1.165) is 37.6 Å². The normalized spacial score (nSPS) is 12.1. The Balaban J connectivity index is 0. The molecule has 2 rings (SSSR count). The molecule has 0 aliphatic rings. The van der Waals surface area contributed by atoms with E-state index < -0.39 is 31.3 Å². The Bertz CT molecular complexity index is 1020. The fourth-order valence-electron chi connectivity index (χ4n) is 2.04. The number of hydrogen-bond donors (Lipinski definition) is 0. The average molecular weight is 623 g/mol. The van der Waals surface area contributed by atoms with Gasteiger partial charge in [-0.05, 0) is 38.4 Å². The third kappa shape index (κ3) is 17.3. The first-order valence-electron chi connectivity index (χ1n) is 9.45. The second-order valence-electron chi connectivity index (χ2n) is 6.92. The van der Waals surface area contributed by atoms with Crippen molar-refractivity contribution in [2.75, 3.05) is 27.2 Å². The van der Waals surface area contributed by atoms with Crippen molar-refractivity contribution in [3.63, 3.8) is 0 Å². The van der Waals surface area contributed by atoms with Gasteiger partial charge in [-0.2, -0.15) is 26.3 Å². The molecule has 0 amide bonds. The maximum atomic E-state index is 10.7. The first-order valence-corrected chi connectivity index (χ1v) is 12.3. The molecule has 0 saturated carbocycles. The molecule has 0 saturated heterocycles. The molecule has 2 heterocycles. The molecule has 1 radical (unpaired) electrons. The van der Waals surface area contributed by atoms with Crippen LogP contribution in [0.5, 0.6) is 0 Å². The monoisotopic (exact) mass is 623 g/mol. The summed E-state index contributed by atoms with van der Waals surface area (Å²) in [5.74, 6) is 0. The molecule has 211 valence electrons. The van der Waals surface area contributed by atoms with E-state index in [4.69, 9.17) is 25.9 Å². The third-order valence-electron chi connectivity index (χ3n) is 3.75. The number of aromatic nitrogens is 2. The average Bonchev–Trinajstić information content (AvgIpc) is 2.72. The Morgan fingerprint density at radius 2 is 0.973 bits per heavy atom. The van der Waals surface area contributed by atoms with Crippen molar-refractivity contribution in [1.82, 2.24) is 19.8 Å². The first-order chi connectivity index (χ1) is 16.2. The Labute approximate surface area is 220 Å². The molecule has 0 spiro atoms. The van der Waals surface area contributed by atoms with Crippen molar-refractivity contribution in [1.29, 1.82) is 0 Å². The summed E-state index contributed by atoms with van der Waals surface area (Å²) in [5.41, 5.74) is -9.07. The van der Waals surface area contributed by atoms with Crippen LogP contribution >= 0.6 is 0 Å². The van der Waals surface area contributed by atoms with Gasteiger partial charge in [0.05, 0.1) is 11.4 Å². The van der Waals surface area contributed by atoms with Gasteiger partial charge in [0.15, 0.2) is 20.2 Å². The van der Waals surface area contributed by atoms with Crippen LogP contribution in [0.1, 0.15) is 11.4 Å². The minimum absolute atomic E-state index is 0. The molecule has 0 N–H and O–H groups in total. The van der Waals surface area contributed by atoms with Crippen LogP contribution in [0.15, 0.2) is 48.8 Å². The molecule has 2 aromatic rings. The first kappa shape index (κ1) is 37.3. The van der Waals surface area contributed by atoms with Crippen LogP contribution in [-0.2, 0) is 50.4 Å². The zero-order chi connectivity index (χ0) is 28.2. The smallest absolute Gasteiger partial charge is 0.741 e. The van der Waals surface area contributed by atoms with Gasteiger partial charge in [-0.3, -0.25) is 19.8 Å². The zero-order valence-electron chi connectivity index (χ0n) is 19.1. The van der Waals surface area contributed by atoms with E-state index in [0.29, 0.717) is 0 Å². The number of nitrogens with zero attached hydrogens (tertiary/aromatic N) is 4. The Hall–Kier alpha value is -1.86. The maximum absolute atomic E-state index is 10.7. The summed E-state index contributed by atoms with van der Waals surface area (Å²) in [5, 5.41) is 0. The number of likely N-dealkylation sites (N-methyl/N-ethyl adjacent to an activating group) is 2. The largest absolute Gasteiger partial charge is 2.00 e. The minimum Gasteiger partial charge on any atom is -0.741 e. The van der Waals surface area contributed by atoms with Gasteiger partial charge in [0, 0.05) is 38.6 Å². The summed E-state index contributed by atoms with van der Waals surface area (Å²) >= 11 is 0. The van der Waals surface area contributed by atoms with Gasteiger partial charge >= 0.3 is 28.1 Å². The summed E-state index contributed by atoms with van der Waals surface area (Å²) in [4.78, 5) is 13.3. The molecule has 2 aromatic heterocycles. The van der Waals surface area contributed by atoms with Crippen LogP contribution in [0.3, 0.4) is 0 Å². The molecule has 0 bridgehead atoms. The van der Waals surface area contributed by atoms with Gasteiger partial charge in [-0.1, -0.05) is 12.1 Å². The molecule has 0 aliphatic carbocycles. The molecule has 37 heavy (non-hydrogen) atoms. The van der Waals surface area contributed by atoms with Crippen LogP contribution in [0.4, 0.5) is 26.3 Å². The van der Waals surface area contributed by atoms with Gasteiger partial charge in [0.1, 0.15) is 0 Å².